The number of ether oxygens (including phenoxy) is 1. The van der Waals surface area contributed by atoms with Crippen molar-refractivity contribution in [3.8, 4) is 5.75 Å². The number of benzene rings is 2. The minimum Gasteiger partial charge on any atom is -0.495 e. The molecule has 1 atom stereocenters. The molecule has 3 rings (SSSR count). The van der Waals surface area contributed by atoms with E-state index in [1.165, 1.54) is 25.3 Å². The highest BCUT2D eigenvalue weighted by Gasteiger charge is 2.42. The van der Waals surface area contributed by atoms with Crippen molar-refractivity contribution in [3.05, 3.63) is 53.1 Å². The highest BCUT2D eigenvalue weighted by molar-refractivity contribution is 7.89. The average Bonchev–Trinajstić information content (AvgIpc) is 2.95. The molecule has 0 radical (unpaired) electrons. The minimum atomic E-state index is -3.72. The van der Waals surface area contributed by atoms with Gasteiger partial charge in [0.15, 0.2) is 6.04 Å². The summed E-state index contributed by atoms with van der Waals surface area (Å²) >= 11 is 6.10. The Hall–Kier alpha value is -2.46. The first-order chi connectivity index (χ1) is 13.7. The second kappa shape index (κ2) is 8.50. The molecule has 0 aliphatic carbocycles. The summed E-state index contributed by atoms with van der Waals surface area (Å²) in [6.07, 6.45) is 0.712. The smallest absolute Gasteiger partial charge is 0.292 e. The van der Waals surface area contributed by atoms with Crippen LogP contribution in [0.5, 0.6) is 5.75 Å². The van der Waals surface area contributed by atoms with Crippen molar-refractivity contribution >= 4 is 39.1 Å². The first kappa shape index (κ1) is 21.3. The van der Waals surface area contributed by atoms with E-state index < -0.39 is 16.1 Å². The molecule has 0 bridgehead atoms. The van der Waals surface area contributed by atoms with Crippen LogP contribution in [-0.2, 0) is 26.0 Å². The van der Waals surface area contributed by atoms with Crippen LogP contribution in [0.15, 0.2) is 47.4 Å². The predicted molar refractivity (Wildman–Crippen MR) is 107 cm³/mol. The number of methoxy groups -OCH3 is 1. The molecule has 0 saturated carbocycles. The highest BCUT2D eigenvalue weighted by Crippen LogP contribution is 2.31. The summed E-state index contributed by atoms with van der Waals surface area (Å²) in [5, 5.41) is 7.22. The van der Waals surface area contributed by atoms with Gasteiger partial charge >= 0.3 is 0 Å². The first-order valence-corrected chi connectivity index (χ1v) is 10.8. The Morgan fingerprint density at radius 3 is 2.48 bits per heavy atom. The Labute approximate surface area is 173 Å². The number of sulfonamides is 1. The van der Waals surface area contributed by atoms with Gasteiger partial charge in [-0.1, -0.05) is 23.7 Å². The molecule has 29 heavy (non-hydrogen) atoms. The quantitative estimate of drug-likeness (QED) is 0.607. The van der Waals surface area contributed by atoms with Gasteiger partial charge in [-0.3, -0.25) is 9.59 Å². The monoisotopic (exact) mass is 438 g/mol. The molecule has 1 aliphatic rings. The van der Waals surface area contributed by atoms with E-state index in [1.54, 1.807) is 24.3 Å². The molecule has 1 heterocycles. The van der Waals surface area contributed by atoms with E-state index >= 15 is 0 Å². The molecule has 10 heteroatoms. The maximum absolute atomic E-state index is 12.7. The number of quaternary nitrogens is 1. The van der Waals surface area contributed by atoms with Crippen molar-refractivity contribution < 1.29 is 28.1 Å². The Morgan fingerprint density at radius 1 is 1.21 bits per heavy atom. The Morgan fingerprint density at radius 2 is 1.90 bits per heavy atom. The maximum atomic E-state index is 12.7. The van der Waals surface area contributed by atoms with E-state index in [0.717, 1.165) is 10.5 Å². The third-order valence-corrected chi connectivity index (χ3v) is 5.94. The molecule has 1 saturated heterocycles. The summed E-state index contributed by atoms with van der Waals surface area (Å²) in [4.78, 5) is 26.3. The molecule has 2 amide bonds. The van der Waals surface area contributed by atoms with Crippen LogP contribution in [0.4, 0.5) is 5.69 Å². The molecular weight excluding hydrogens is 418 g/mol. The summed E-state index contributed by atoms with van der Waals surface area (Å²) in [6.45, 7) is 0.565. The van der Waals surface area contributed by atoms with Crippen molar-refractivity contribution in [3.63, 3.8) is 0 Å². The lowest BCUT2D eigenvalue weighted by Crippen LogP contribution is -2.92. The molecule has 2 aromatic carbocycles. The van der Waals surface area contributed by atoms with Crippen molar-refractivity contribution in [1.29, 1.82) is 0 Å². The lowest BCUT2D eigenvalue weighted by atomic mass is 10.1. The van der Waals surface area contributed by atoms with Crippen LogP contribution in [0.2, 0.25) is 5.02 Å². The lowest BCUT2D eigenvalue weighted by molar-refractivity contribution is -0.674. The molecule has 1 aliphatic heterocycles. The van der Waals surface area contributed by atoms with Gasteiger partial charge in [0.05, 0.1) is 35.7 Å². The zero-order chi connectivity index (χ0) is 21.2. The molecule has 0 aromatic heterocycles. The third-order valence-electron chi connectivity index (χ3n) is 4.71. The summed E-state index contributed by atoms with van der Waals surface area (Å²) in [6, 6.07) is 10.5. The van der Waals surface area contributed by atoms with Gasteiger partial charge in [-0.05, 0) is 35.9 Å². The Kier molecular flexibility index (Phi) is 6.23. The van der Waals surface area contributed by atoms with Crippen molar-refractivity contribution in [2.24, 2.45) is 5.14 Å². The number of primary sulfonamides is 1. The van der Waals surface area contributed by atoms with E-state index in [1.807, 2.05) is 5.32 Å². The predicted octanol–water partition coefficient (Wildman–Crippen LogP) is 0.434. The average molecular weight is 439 g/mol. The molecule has 0 spiro atoms. The van der Waals surface area contributed by atoms with Gasteiger partial charge in [0.25, 0.3) is 5.91 Å². The number of hydrogen-bond acceptors (Lipinski definition) is 5. The number of imide groups is 1. The number of nitrogens with two attached hydrogens (primary N) is 2. The zero-order valence-electron chi connectivity index (χ0n) is 15.7. The topological polar surface area (TPSA) is 123 Å². The summed E-state index contributed by atoms with van der Waals surface area (Å²) in [5.74, 6) is -0.109. The van der Waals surface area contributed by atoms with Gasteiger partial charge in [0.2, 0.25) is 15.9 Å². The van der Waals surface area contributed by atoms with Gasteiger partial charge in [0.1, 0.15) is 5.75 Å². The van der Waals surface area contributed by atoms with Crippen LogP contribution in [0.1, 0.15) is 12.0 Å². The van der Waals surface area contributed by atoms with E-state index in [4.69, 9.17) is 21.5 Å². The van der Waals surface area contributed by atoms with Crippen LogP contribution >= 0.6 is 11.6 Å². The molecular formula is C19H21ClN3O5S+. The van der Waals surface area contributed by atoms with Crippen molar-refractivity contribution in [1.82, 2.24) is 0 Å². The highest BCUT2D eigenvalue weighted by atomic mass is 35.5. The lowest BCUT2D eigenvalue weighted by Gasteiger charge is -2.15. The number of rotatable bonds is 7. The van der Waals surface area contributed by atoms with E-state index in [2.05, 4.69) is 0 Å². The fourth-order valence-corrected chi connectivity index (χ4v) is 3.97. The van der Waals surface area contributed by atoms with Gasteiger partial charge in [0, 0.05) is 6.42 Å². The minimum absolute atomic E-state index is 0.0515. The normalized spacial score (nSPS) is 17.1. The largest absolute Gasteiger partial charge is 0.495 e. The molecule has 1 fully saturated rings. The first-order valence-electron chi connectivity index (χ1n) is 8.86. The van der Waals surface area contributed by atoms with Crippen LogP contribution < -0.4 is 20.1 Å². The Balaban J connectivity index is 1.61. The number of carbonyl (C=O) groups is 2. The number of halogens is 1. The molecule has 2 aromatic rings. The van der Waals surface area contributed by atoms with Crippen LogP contribution in [0.25, 0.3) is 0 Å². The SMILES string of the molecule is COc1ccc(N2C(=O)CC([NH2+]CCc3ccc(S(N)(=O)=O)cc3)C2=O)cc1Cl. The Bertz CT molecular complexity index is 1040. The van der Waals surface area contributed by atoms with Gasteiger partial charge in [-0.2, -0.15) is 0 Å². The summed E-state index contributed by atoms with van der Waals surface area (Å²) in [7, 11) is -2.23. The second-order valence-corrected chi connectivity index (χ2v) is 8.63. The van der Waals surface area contributed by atoms with Crippen LogP contribution in [-0.4, -0.2) is 39.9 Å². The molecule has 1 unspecified atom stereocenters. The molecule has 154 valence electrons. The van der Waals surface area contributed by atoms with Crippen molar-refractivity contribution in [2.45, 2.75) is 23.8 Å². The van der Waals surface area contributed by atoms with E-state index in [9.17, 15) is 18.0 Å². The van der Waals surface area contributed by atoms with Gasteiger partial charge in [-0.25, -0.2) is 18.5 Å². The summed E-state index contributed by atoms with van der Waals surface area (Å²) in [5.41, 5.74) is 1.32. The number of anilines is 1. The number of carbonyl (C=O) groups excluding carboxylic acids is 2. The van der Waals surface area contributed by atoms with Gasteiger partial charge in [-0.15, -0.1) is 0 Å². The number of amides is 2. The number of hydrogen-bond donors (Lipinski definition) is 2. The van der Waals surface area contributed by atoms with Gasteiger partial charge < -0.3 is 10.1 Å². The fourth-order valence-electron chi connectivity index (χ4n) is 3.20. The van der Waals surface area contributed by atoms with Crippen LogP contribution in [0.3, 0.4) is 0 Å². The number of nitrogens with zero attached hydrogens (tertiary/aromatic N) is 1. The van der Waals surface area contributed by atoms with Crippen LogP contribution in [0, 0.1) is 0 Å². The maximum Gasteiger partial charge on any atom is 0.292 e. The fraction of sp³-hybridized carbons (Fsp3) is 0.263. The van der Waals surface area contributed by atoms with E-state index in [0.29, 0.717) is 29.4 Å². The third kappa shape index (κ3) is 4.76. The summed E-state index contributed by atoms with van der Waals surface area (Å²) < 4.78 is 27.7. The van der Waals surface area contributed by atoms with E-state index in [-0.39, 0.29) is 23.1 Å². The second-order valence-electron chi connectivity index (χ2n) is 6.66. The molecule has 4 N–H and O–H groups in total. The standard InChI is InChI=1S/C19H20ClN3O5S/c1-28-17-7-4-13(10-15(17)20)23-18(24)11-16(19(23)25)22-9-8-12-2-5-14(6-3-12)29(21,26)27/h2-7,10,16,22H,8-9,11H2,1H3,(H2,21,26,27)/p+1. The molecule has 8 nitrogen and oxygen atoms in total. The van der Waals surface area contributed by atoms with Crippen molar-refractivity contribution in [2.75, 3.05) is 18.6 Å². The zero-order valence-corrected chi connectivity index (χ0v) is 17.2.